The second-order valence-electron chi connectivity index (χ2n) is 4.29. The topological polar surface area (TPSA) is 61.5 Å². The van der Waals surface area contributed by atoms with E-state index in [0.717, 1.165) is 14.9 Å². The highest BCUT2D eigenvalue weighted by Crippen LogP contribution is 2.34. The molecule has 106 valence electrons. The number of halogens is 1. The van der Waals surface area contributed by atoms with Gasteiger partial charge in [0, 0.05) is 0 Å². The Morgan fingerprint density at radius 1 is 1.30 bits per heavy atom. The van der Waals surface area contributed by atoms with E-state index in [-0.39, 0.29) is 6.10 Å². The molecule has 0 amide bonds. The number of hydrogen-bond donors (Lipinski definition) is 0. The van der Waals surface area contributed by atoms with E-state index in [1.54, 1.807) is 13.3 Å². The van der Waals surface area contributed by atoms with E-state index in [1.807, 2.05) is 26.0 Å². The van der Waals surface area contributed by atoms with Crippen molar-refractivity contribution in [1.82, 2.24) is 14.9 Å². The molecule has 0 aliphatic rings. The van der Waals surface area contributed by atoms with Crippen LogP contribution in [-0.2, 0) is 0 Å². The van der Waals surface area contributed by atoms with Gasteiger partial charge in [-0.15, -0.1) is 10.2 Å². The molecule has 0 saturated carbocycles. The summed E-state index contributed by atoms with van der Waals surface area (Å²) in [4.78, 5) is 0. The number of rotatable bonds is 5. The fourth-order valence-corrected chi connectivity index (χ4v) is 2.31. The van der Waals surface area contributed by atoms with Crippen LogP contribution in [0.1, 0.15) is 19.4 Å². The van der Waals surface area contributed by atoms with Gasteiger partial charge in [0.2, 0.25) is 0 Å². The first kappa shape index (κ1) is 14.8. The minimum Gasteiger partial charge on any atom is -0.493 e. The Morgan fingerprint density at radius 2 is 2.00 bits per heavy atom. The van der Waals surface area contributed by atoms with Gasteiger partial charge in [0.1, 0.15) is 12.7 Å². The number of hydrogen-bond acceptors (Lipinski definition) is 5. The molecule has 1 aromatic heterocycles. The third-order valence-corrected chi connectivity index (χ3v) is 3.15. The maximum absolute atomic E-state index is 5.77. The lowest BCUT2D eigenvalue weighted by atomic mass is 10.2. The first-order chi connectivity index (χ1) is 9.60. The van der Waals surface area contributed by atoms with Crippen molar-refractivity contribution in [1.29, 1.82) is 0 Å². The zero-order valence-electron chi connectivity index (χ0n) is 11.4. The number of nitrogens with zero attached hydrogens (tertiary/aromatic N) is 4. The highest BCUT2D eigenvalue weighted by molar-refractivity contribution is 14.1. The van der Waals surface area contributed by atoms with Gasteiger partial charge in [-0.3, -0.25) is 0 Å². The second kappa shape index (κ2) is 6.69. The molecule has 2 rings (SSSR count). The summed E-state index contributed by atoms with van der Waals surface area (Å²) >= 11 is 2.22. The van der Waals surface area contributed by atoms with Crippen LogP contribution in [0.15, 0.2) is 29.9 Å². The average Bonchev–Trinajstić information content (AvgIpc) is 2.91. The van der Waals surface area contributed by atoms with Crippen molar-refractivity contribution >= 4 is 28.8 Å². The molecule has 0 unspecified atom stereocenters. The SMILES string of the molecule is COc1cc(/C=N/n2cnnc2)cc(I)c1OC(C)C. The Bertz CT molecular complexity index is 597. The van der Waals surface area contributed by atoms with Gasteiger partial charge in [0.25, 0.3) is 0 Å². The van der Waals surface area contributed by atoms with Crippen LogP contribution < -0.4 is 9.47 Å². The van der Waals surface area contributed by atoms with Gasteiger partial charge in [-0.2, -0.15) is 5.10 Å². The van der Waals surface area contributed by atoms with Crippen LogP contribution in [0.2, 0.25) is 0 Å². The second-order valence-corrected chi connectivity index (χ2v) is 5.45. The van der Waals surface area contributed by atoms with E-state index in [0.29, 0.717) is 5.75 Å². The molecule has 20 heavy (non-hydrogen) atoms. The number of aromatic nitrogens is 3. The minimum atomic E-state index is 0.0916. The van der Waals surface area contributed by atoms with Gasteiger partial charge >= 0.3 is 0 Å². The van der Waals surface area contributed by atoms with E-state index < -0.39 is 0 Å². The third kappa shape index (κ3) is 3.69. The summed E-state index contributed by atoms with van der Waals surface area (Å²) < 4.78 is 13.7. The fourth-order valence-electron chi connectivity index (χ4n) is 1.55. The van der Waals surface area contributed by atoms with Crippen LogP contribution >= 0.6 is 22.6 Å². The summed E-state index contributed by atoms with van der Waals surface area (Å²) in [5, 5.41) is 11.6. The van der Waals surface area contributed by atoms with Crippen LogP contribution in [-0.4, -0.2) is 34.3 Å². The van der Waals surface area contributed by atoms with Crippen LogP contribution in [0.3, 0.4) is 0 Å². The van der Waals surface area contributed by atoms with E-state index in [1.165, 1.54) is 17.3 Å². The van der Waals surface area contributed by atoms with Crippen molar-refractivity contribution < 1.29 is 9.47 Å². The average molecular weight is 386 g/mol. The molecule has 0 spiro atoms. The lowest BCUT2D eigenvalue weighted by Crippen LogP contribution is -2.08. The van der Waals surface area contributed by atoms with Crippen LogP contribution in [0.5, 0.6) is 11.5 Å². The van der Waals surface area contributed by atoms with Crippen molar-refractivity contribution in [2.45, 2.75) is 20.0 Å². The van der Waals surface area contributed by atoms with Crippen molar-refractivity contribution in [3.05, 3.63) is 33.9 Å². The highest BCUT2D eigenvalue weighted by atomic mass is 127. The minimum absolute atomic E-state index is 0.0916. The fraction of sp³-hybridized carbons (Fsp3) is 0.308. The van der Waals surface area contributed by atoms with Crippen LogP contribution in [0, 0.1) is 3.57 Å². The molecule has 2 aromatic rings. The molecular formula is C13H15IN4O2. The lowest BCUT2D eigenvalue weighted by Gasteiger charge is -2.15. The van der Waals surface area contributed by atoms with Crippen molar-refractivity contribution in [2.24, 2.45) is 5.10 Å². The van der Waals surface area contributed by atoms with Gasteiger partial charge in [0.15, 0.2) is 11.5 Å². The summed E-state index contributed by atoms with van der Waals surface area (Å²) in [5.41, 5.74) is 0.913. The number of methoxy groups -OCH3 is 1. The lowest BCUT2D eigenvalue weighted by molar-refractivity contribution is 0.228. The predicted octanol–water partition coefficient (Wildman–Crippen LogP) is 2.56. The van der Waals surface area contributed by atoms with E-state index >= 15 is 0 Å². The van der Waals surface area contributed by atoms with Crippen molar-refractivity contribution in [3.8, 4) is 11.5 Å². The van der Waals surface area contributed by atoms with E-state index in [2.05, 4.69) is 37.9 Å². The number of ether oxygens (including phenoxy) is 2. The molecule has 7 heteroatoms. The smallest absolute Gasteiger partial charge is 0.174 e. The molecule has 0 radical (unpaired) electrons. The monoisotopic (exact) mass is 386 g/mol. The quantitative estimate of drug-likeness (QED) is 0.586. The normalized spacial score (nSPS) is 11.2. The van der Waals surface area contributed by atoms with Crippen molar-refractivity contribution in [2.75, 3.05) is 7.11 Å². The summed E-state index contributed by atoms with van der Waals surface area (Å²) in [6.45, 7) is 3.97. The van der Waals surface area contributed by atoms with Crippen molar-refractivity contribution in [3.63, 3.8) is 0 Å². The Hall–Kier alpha value is -1.64. The maximum atomic E-state index is 5.77. The Labute approximate surface area is 130 Å². The molecule has 0 saturated heterocycles. The molecule has 0 bridgehead atoms. The molecule has 6 nitrogen and oxygen atoms in total. The van der Waals surface area contributed by atoms with Gasteiger partial charge in [-0.05, 0) is 54.1 Å². The van der Waals surface area contributed by atoms with E-state index in [4.69, 9.17) is 9.47 Å². The summed E-state index contributed by atoms with van der Waals surface area (Å²) in [7, 11) is 1.62. The largest absolute Gasteiger partial charge is 0.493 e. The van der Waals surface area contributed by atoms with Crippen LogP contribution in [0.4, 0.5) is 0 Å². The molecule has 0 aliphatic carbocycles. The van der Waals surface area contributed by atoms with E-state index in [9.17, 15) is 0 Å². The van der Waals surface area contributed by atoms with Gasteiger partial charge < -0.3 is 9.47 Å². The molecule has 0 aliphatic heterocycles. The third-order valence-electron chi connectivity index (χ3n) is 2.35. The van der Waals surface area contributed by atoms with Gasteiger partial charge in [0.05, 0.1) is 23.0 Å². The molecule has 0 atom stereocenters. The summed E-state index contributed by atoms with van der Waals surface area (Å²) in [5.74, 6) is 1.44. The Balaban J connectivity index is 2.30. The first-order valence-electron chi connectivity index (χ1n) is 6.03. The predicted molar refractivity (Wildman–Crippen MR) is 84.5 cm³/mol. The molecule has 1 heterocycles. The standard InChI is InChI=1S/C13H15IN4O2/c1-9(2)20-13-11(14)4-10(5-12(13)19-3)6-17-18-7-15-16-8-18/h4-9H,1-3H3/b17-6+. The number of benzene rings is 1. The summed E-state index contributed by atoms with van der Waals surface area (Å²) in [6.07, 6.45) is 4.85. The molecular weight excluding hydrogens is 371 g/mol. The van der Waals surface area contributed by atoms with Gasteiger partial charge in [-0.25, -0.2) is 4.68 Å². The van der Waals surface area contributed by atoms with Gasteiger partial charge in [-0.1, -0.05) is 0 Å². The zero-order chi connectivity index (χ0) is 14.5. The molecule has 0 fully saturated rings. The highest BCUT2D eigenvalue weighted by Gasteiger charge is 2.12. The molecule has 1 aromatic carbocycles. The summed E-state index contributed by atoms with van der Waals surface area (Å²) in [6, 6.07) is 3.86. The Morgan fingerprint density at radius 3 is 2.60 bits per heavy atom. The van der Waals surface area contributed by atoms with Crippen LogP contribution in [0.25, 0.3) is 0 Å². The first-order valence-corrected chi connectivity index (χ1v) is 7.11. The maximum Gasteiger partial charge on any atom is 0.174 e. The molecule has 0 N–H and O–H groups in total. The zero-order valence-corrected chi connectivity index (χ0v) is 13.6. The Kier molecular flexibility index (Phi) is 4.94.